The van der Waals surface area contributed by atoms with E-state index in [1.54, 1.807) is 22.8 Å². The number of rotatable bonds is 6. The van der Waals surface area contributed by atoms with Gasteiger partial charge in [-0.3, -0.25) is 9.78 Å². The minimum Gasteiger partial charge on any atom is -0.308 e. The van der Waals surface area contributed by atoms with Gasteiger partial charge in [-0.1, -0.05) is 6.07 Å². The molecular formula is C25H26N6O. The van der Waals surface area contributed by atoms with E-state index in [-0.39, 0.29) is 5.56 Å². The molecule has 32 heavy (non-hydrogen) atoms. The summed E-state index contributed by atoms with van der Waals surface area (Å²) in [5.41, 5.74) is 3.70. The average Bonchev–Trinajstić information content (AvgIpc) is 2.82. The number of likely N-dealkylation sites (tertiary alicyclic amines) is 1. The van der Waals surface area contributed by atoms with Crippen molar-refractivity contribution in [3.63, 3.8) is 0 Å². The van der Waals surface area contributed by atoms with Crippen molar-refractivity contribution in [1.82, 2.24) is 19.8 Å². The molecule has 0 radical (unpaired) electrons. The summed E-state index contributed by atoms with van der Waals surface area (Å²) in [6.07, 6.45) is 2.08. The lowest BCUT2D eigenvalue weighted by atomic mass is 10.0. The summed E-state index contributed by atoms with van der Waals surface area (Å²) in [6.45, 7) is 5.92. The van der Waals surface area contributed by atoms with E-state index in [9.17, 15) is 10.1 Å². The van der Waals surface area contributed by atoms with Crippen molar-refractivity contribution >= 4 is 10.9 Å². The van der Waals surface area contributed by atoms with Crippen LogP contribution in [0.5, 0.6) is 0 Å². The normalized spacial score (nSPS) is 14.8. The number of fused-ring (bicyclic) bond motifs is 1. The highest BCUT2D eigenvalue weighted by atomic mass is 16.1. The molecule has 1 aliphatic heterocycles. The van der Waals surface area contributed by atoms with Gasteiger partial charge in [0.15, 0.2) is 0 Å². The van der Waals surface area contributed by atoms with Crippen LogP contribution in [0.4, 0.5) is 0 Å². The summed E-state index contributed by atoms with van der Waals surface area (Å²) in [4.78, 5) is 19.4. The van der Waals surface area contributed by atoms with E-state index in [0.29, 0.717) is 30.3 Å². The Morgan fingerprint density at radius 2 is 1.84 bits per heavy atom. The van der Waals surface area contributed by atoms with Gasteiger partial charge in [0.05, 0.1) is 34.1 Å². The van der Waals surface area contributed by atoms with E-state index in [4.69, 9.17) is 5.26 Å². The highest BCUT2D eigenvalue weighted by molar-refractivity contribution is 5.80. The molecule has 0 aliphatic carbocycles. The Morgan fingerprint density at radius 3 is 2.56 bits per heavy atom. The number of piperidine rings is 1. The Labute approximate surface area is 187 Å². The smallest absolute Gasteiger partial charge is 0.251 e. The number of benzene rings is 1. The van der Waals surface area contributed by atoms with Gasteiger partial charge in [-0.25, -0.2) is 0 Å². The summed E-state index contributed by atoms with van der Waals surface area (Å²) < 4.78 is 1.78. The molecule has 7 nitrogen and oxygen atoms in total. The second-order valence-electron chi connectivity index (χ2n) is 8.25. The molecule has 0 atom stereocenters. The zero-order chi connectivity index (χ0) is 22.5. The maximum atomic E-state index is 12.5. The zero-order valence-electron chi connectivity index (χ0n) is 18.2. The van der Waals surface area contributed by atoms with Gasteiger partial charge in [-0.2, -0.15) is 10.5 Å². The van der Waals surface area contributed by atoms with Gasteiger partial charge >= 0.3 is 0 Å². The van der Waals surface area contributed by atoms with Crippen LogP contribution in [0.25, 0.3) is 10.9 Å². The molecule has 3 aromatic rings. The summed E-state index contributed by atoms with van der Waals surface area (Å²) >= 11 is 0. The quantitative estimate of drug-likeness (QED) is 0.651. The SMILES string of the molecule is Cc1nc(CNC2CCN(CCn3c(=O)ccc4ccc(C#N)cc43)CC2)ccc1C#N. The third-order valence-electron chi connectivity index (χ3n) is 6.19. The summed E-state index contributed by atoms with van der Waals surface area (Å²) in [5, 5.41) is 22.8. The van der Waals surface area contributed by atoms with Crippen molar-refractivity contribution in [3.8, 4) is 12.1 Å². The van der Waals surface area contributed by atoms with Crippen LogP contribution in [0.2, 0.25) is 0 Å². The lowest BCUT2D eigenvalue weighted by molar-refractivity contribution is 0.191. The topological polar surface area (TPSA) is 97.7 Å². The zero-order valence-corrected chi connectivity index (χ0v) is 18.2. The van der Waals surface area contributed by atoms with Crippen LogP contribution in [0, 0.1) is 29.6 Å². The van der Waals surface area contributed by atoms with Crippen LogP contribution < -0.4 is 10.9 Å². The summed E-state index contributed by atoms with van der Waals surface area (Å²) in [7, 11) is 0. The fourth-order valence-electron chi connectivity index (χ4n) is 4.27. The van der Waals surface area contributed by atoms with Gasteiger partial charge in [0, 0.05) is 31.7 Å². The first-order valence-corrected chi connectivity index (χ1v) is 10.9. The number of aryl methyl sites for hydroxylation is 1. The fraction of sp³-hybridized carbons (Fsp3) is 0.360. The Morgan fingerprint density at radius 1 is 1.06 bits per heavy atom. The minimum atomic E-state index is -0.0330. The number of nitrogens with zero attached hydrogens (tertiary/aromatic N) is 5. The molecule has 0 amide bonds. The van der Waals surface area contributed by atoms with Crippen LogP contribution in [0.15, 0.2) is 47.3 Å². The molecule has 162 valence electrons. The van der Waals surface area contributed by atoms with Crippen molar-refractivity contribution in [2.75, 3.05) is 19.6 Å². The molecular weight excluding hydrogens is 400 g/mol. The standard InChI is InChI=1S/C25H26N6O/c1-18-21(16-27)4-6-23(29-18)17-28-22-8-10-30(11-9-22)12-13-31-24-14-19(15-26)2-3-20(24)5-7-25(31)32/h2-7,14,22,28H,8-13,17H2,1H3. The van der Waals surface area contributed by atoms with Gasteiger partial charge in [0.2, 0.25) is 0 Å². The number of hydrogen-bond donors (Lipinski definition) is 1. The molecule has 1 aromatic carbocycles. The third kappa shape index (κ3) is 4.86. The van der Waals surface area contributed by atoms with E-state index in [0.717, 1.165) is 54.8 Å². The number of aromatic nitrogens is 2. The second-order valence-corrected chi connectivity index (χ2v) is 8.25. The van der Waals surface area contributed by atoms with Gasteiger partial charge in [0.1, 0.15) is 6.07 Å². The van der Waals surface area contributed by atoms with E-state index in [2.05, 4.69) is 27.3 Å². The molecule has 1 N–H and O–H groups in total. The predicted octanol–water partition coefficient (Wildman–Crippen LogP) is 2.70. The van der Waals surface area contributed by atoms with Gasteiger partial charge in [-0.05, 0) is 68.6 Å². The van der Waals surface area contributed by atoms with Crippen LogP contribution in [0.1, 0.15) is 35.4 Å². The minimum absolute atomic E-state index is 0.0330. The van der Waals surface area contributed by atoms with E-state index in [1.807, 2.05) is 31.2 Å². The Kier molecular flexibility index (Phi) is 6.61. The first-order chi connectivity index (χ1) is 15.6. The average molecular weight is 427 g/mol. The number of nitrogens with one attached hydrogen (secondary N) is 1. The Balaban J connectivity index is 1.31. The number of pyridine rings is 2. The van der Waals surface area contributed by atoms with Gasteiger partial charge < -0.3 is 14.8 Å². The largest absolute Gasteiger partial charge is 0.308 e. The fourth-order valence-corrected chi connectivity index (χ4v) is 4.27. The number of nitriles is 2. The van der Waals surface area contributed by atoms with E-state index in [1.165, 1.54) is 0 Å². The molecule has 1 aliphatic rings. The number of hydrogen-bond acceptors (Lipinski definition) is 6. The van der Waals surface area contributed by atoms with Crippen molar-refractivity contribution < 1.29 is 0 Å². The summed E-state index contributed by atoms with van der Waals surface area (Å²) in [6, 6.07) is 17.4. The highest BCUT2D eigenvalue weighted by Gasteiger charge is 2.19. The lowest BCUT2D eigenvalue weighted by Crippen LogP contribution is -2.43. The van der Waals surface area contributed by atoms with Gasteiger partial charge in [-0.15, -0.1) is 0 Å². The first kappa shape index (κ1) is 21.7. The lowest BCUT2D eigenvalue weighted by Gasteiger charge is -2.32. The van der Waals surface area contributed by atoms with Crippen LogP contribution >= 0.6 is 0 Å². The molecule has 0 saturated carbocycles. The molecule has 2 aromatic heterocycles. The van der Waals surface area contributed by atoms with Crippen LogP contribution in [-0.2, 0) is 13.1 Å². The van der Waals surface area contributed by atoms with Crippen molar-refractivity contribution in [1.29, 1.82) is 10.5 Å². The summed E-state index contributed by atoms with van der Waals surface area (Å²) in [5.74, 6) is 0. The molecule has 0 bridgehead atoms. The molecule has 1 fully saturated rings. The maximum absolute atomic E-state index is 12.5. The Hall–Kier alpha value is -3.52. The predicted molar refractivity (Wildman–Crippen MR) is 123 cm³/mol. The molecule has 3 heterocycles. The van der Waals surface area contributed by atoms with Crippen LogP contribution in [-0.4, -0.2) is 40.1 Å². The molecule has 0 spiro atoms. The Bertz CT molecular complexity index is 1260. The van der Waals surface area contributed by atoms with Gasteiger partial charge in [0.25, 0.3) is 5.56 Å². The van der Waals surface area contributed by atoms with E-state index < -0.39 is 0 Å². The highest BCUT2D eigenvalue weighted by Crippen LogP contribution is 2.16. The van der Waals surface area contributed by atoms with E-state index >= 15 is 0 Å². The molecule has 0 unspecified atom stereocenters. The molecule has 7 heteroatoms. The second kappa shape index (κ2) is 9.74. The molecule has 4 rings (SSSR count). The third-order valence-corrected chi connectivity index (χ3v) is 6.19. The molecule has 1 saturated heterocycles. The maximum Gasteiger partial charge on any atom is 0.251 e. The monoisotopic (exact) mass is 426 g/mol. The van der Waals surface area contributed by atoms with Crippen molar-refractivity contribution in [2.45, 2.75) is 38.9 Å². The van der Waals surface area contributed by atoms with Crippen LogP contribution in [0.3, 0.4) is 0 Å². The first-order valence-electron chi connectivity index (χ1n) is 10.9. The van der Waals surface area contributed by atoms with Crippen molar-refractivity contribution in [3.05, 3.63) is 75.3 Å². The van der Waals surface area contributed by atoms with Crippen molar-refractivity contribution in [2.24, 2.45) is 0 Å².